The Kier molecular flexibility index (Phi) is 36.5. The van der Waals surface area contributed by atoms with Crippen molar-refractivity contribution in [1.82, 2.24) is 16.0 Å². The summed E-state index contributed by atoms with van der Waals surface area (Å²) < 4.78 is 1.13. The van der Waals surface area contributed by atoms with E-state index in [1.54, 1.807) is 0 Å². The van der Waals surface area contributed by atoms with E-state index in [0.29, 0.717) is 25.9 Å². The molecule has 7 nitrogen and oxygen atoms in total. The molecule has 0 aromatic carbocycles. The Morgan fingerprint density at radius 2 is 0.827 bits per heavy atom. The van der Waals surface area contributed by atoms with Gasteiger partial charge in [-0.15, -0.1) is 0 Å². The first kappa shape index (κ1) is 50.4. The van der Waals surface area contributed by atoms with Crippen LogP contribution >= 0.6 is 0 Å². The first-order valence-electron chi connectivity index (χ1n) is 22.9. The minimum absolute atomic E-state index is 0.0265. The molecule has 0 aliphatic heterocycles. The standard InChI is InChI=1S/C45H90N4O3/c1-6-9-11-13-15-17-20-24-28-32-38-46-43(50)37-36-42(45(52)47-39-33-29-25-21-18-16-14-12-10-7-2)48-44(51)35-31-27-23-19-22-26-30-34-41-49(4,5)40-8-3/h42H,6-41H2,1-5H3,(H2-,46,47,48,50,51,52)/p+1. The van der Waals surface area contributed by atoms with E-state index in [2.05, 4.69) is 50.8 Å². The van der Waals surface area contributed by atoms with E-state index in [1.165, 1.54) is 154 Å². The average Bonchev–Trinajstić information content (AvgIpc) is 3.11. The van der Waals surface area contributed by atoms with Crippen molar-refractivity contribution in [3.05, 3.63) is 0 Å². The molecule has 0 aromatic heterocycles. The minimum atomic E-state index is -0.653. The highest BCUT2D eigenvalue weighted by Gasteiger charge is 2.21. The molecular formula is C45H91N4O3+. The third-order valence-electron chi connectivity index (χ3n) is 10.7. The third-order valence-corrected chi connectivity index (χ3v) is 10.7. The van der Waals surface area contributed by atoms with Crippen LogP contribution < -0.4 is 16.0 Å². The molecule has 0 radical (unpaired) electrons. The summed E-state index contributed by atoms with van der Waals surface area (Å²) in [7, 11) is 4.68. The summed E-state index contributed by atoms with van der Waals surface area (Å²) in [6.07, 6.45) is 37.0. The van der Waals surface area contributed by atoms with E-state index in [0.717, 1.165) is 49.4 Å². The van der Waals surface area contributed by atoms with Crippen LogP contribution in [0.15, 0.2) is 0 Å². The van der Waals surface area contributed by atoms with Crippen LogP contribution in [0.4, 0.5) is 0 Å². The molecule has 0 aliphatic rings. The third kappa shape index (κ3) is 35.4. The molecule has 3 N–H and O–H groups in total. The fraction of sp³-hybridized carbons (Fsp3) is 0.933. The molecule has 0 spiro atoms. The maximum Gasteiger partial charge on any atom is 0.242 e. The lowest BCUT2D eigenvalue weighted by atomic mass is 10.1. The number of carbonyl (C=O) groups excluding carboxylic acids is 3. The zero-order chi connectivity index (χ0) is 38.4. The number of unbranched alkanes of at least 4 members (excludes halogenated alkanes) is 25. The topological polar surface area (TPSA) is 87.3 Å². The predicted molar refractivity (Wildman–Crippen MR) is 225 cm³/mol. The number of hydrogen-bond acceptors (Lipinski definition) is 3. The van der Waals surface area contributed by atoms with Crippen LogP contribution in [0.2, 0.25) is 0 Å². The molecule has 0 fully saturated rings. The maximum atomic E-state index is 13.2. The van der Waals surface area contributed by atoms with Gasteiger partial charge in [-0.1, -0.05) is 168 Å². The number of hydrogen-bond donors (Lipinski definition) is 3. The van der Waals surface area contributed by atoms with Gasteiger partial charge in [0.05, 0.1) is 27.2 Å². The molecular weight excluding hydrogens is 645 g/mol. The van der Waals surface area contributed by atoms with Crippen LogP contribution in [0, 0.1) is 0 Å². The summed E-state index contributed by atoms with van der Waals surface area (Å²) in [6.45, 7) is 10.6. The van der Waals surface area contributed by atoms with Crippen LogP contribution in [0.25, 0.3) is 0 Å². The highest BCUT2D eigenvalue weighted by molar-refractivity contribution is 5.88. The van der Waals surface area contributed by atoms with Crippen LogP contribution in [0.5, 0.6) is 0 Å². The molecule has 0 aliphatic carbocycles. The van der Waals surface area contributed by atoms with Crippen molar-refractivity contribution >= 4 is 17.7 Å². The summed E-state index contributed by atoms with van der Waals surface area (Å²) >= 11 is 0. The van der Waals surface area contributed by atoms with Crippen molar-refractivity contribution in [3.63, 3.8) is 0 Å². The Bertz CT molecular complexity index is 818. The monoisotopic (exact) mass is 736 g/mol. The Hall–Kier alpha value is -1.63. The molecule has 0 saturated heterocycles. The molecule has 1 atom stereocenters. The van der Waals surface area contributed by atoms with Gasteiger partial charge in [-0.05, 0) is 44.9 Å². The number of quaternary nitrogens is 1. The van der Waals surface area contributed by atoms with Crippen molar-refractivity contribution in [3.8, 4) is 0 Å². The van der Waals surface area contributed by atoms with Gasteiger partial charge in [-0.3, -0.25) is 14.4 Å². The minimum Gasteiger partial charge on any atom is -0.356 e. The van der Waals surface area contributed by atoms with Gasteiger partial charge in [0.15, 0.2) is 0 Å². The zero-order valence-electron chi connectivity index (χ0n) is 35.7. The van der Waals surface area contributed by atoms with E-state index in [1.807, 2.05) is 0 Å². The molecule has 0 heterocycles. The maximum absolute atomic E-state index is 13.2. The van der Waals surface area contributed by atoms with Gasteiger partial charge < -0.3 is 20.4 Å². The first-order valence-corrected chi connectivity index (χ1v) is 22.9. The van der Waals surface area contributed by atoms with E-state index in [-0.39, 0.29) is 24.1 Å². The van der Waals surface area contributed by atoms with E-state index in [4.69, 9.17) is 0 Å². The quantitative estimate of drug-likeness (QED) is 0.0432. The lowest BCUT2D eigenvalue weighted by Crippen LogP contribution is -2.47. The lowest BCUT2D eigenvalue weighted by Gasteiger charge is -2.29. The Morgan fingerprint density at radius 3 is 1.29 bits per heavy atom. The van der Waals surface area contributed by atoms with Gasteiger partial charge in [-0.2, -0.15) is 0 Å². The summed E-state index contributed by atoms with van der Waals surface area (Å²) in [5.41, 5.74) is 0. The molecule has 0 rings (SSSR count). The Morgan fingerprint density at radius 1 is 0.423 bits per heavy atom. The normalized spacial score (nSPS) is 12.2. The van der Waals surface area contributed by atoms with E-state index < -0.39 is 6.04 Å². The van der Waals surface area contributed by atoms with Crippen molar-refractivity contribution < 1.29 is 18.9 Å². The molecule has 0 aromatic rings. The van der Waals surface area contributed by atoms with Crippen LogP contribution in [-0.4, -0.2) is 68.5 Å². The van der Waals surface area contributed by atoms with Gasteiger partial charge in [0.25, 0.3) is 0 Å². The van der Waals surface area contributed by atoms with Crippen molar-refractivity contribution in [2.45, 2.75) is 232 Å². The average molecular weight is 736 g/mol. The molecule has 7 heteroatoms. The smallest absolute Gasteiger partial charge is 0.242 e. The second-order valence-corrected chi connectivity index (χ2v) is 16.6. The second kappa shape index (κ2) is 37.7. The number of nitrogens with zero attached hydrogens (tertiary/aromatic N) is 1. The zero-order valence-corrected chi connectivity index (χ0v) is 35.7. The second-order valence-electron chi connectivity index (χ2n) is 16.6. The Labute approximate surface area is 324 Å². The molecule has 0 bridgehead atoms. The molecule has 1 unspecified atom stereocenters. The molecule has 0 saturated carbocycles. The van der Waals surface area contributed by atoms with Gasteiger partial charge in [-0.25, -0.2) is 0 Å². The fourth-order valence-electron chi connectivity index (χ4n) is 7.29. The van der Waals surface area contributed by atoms with Crippen LogP contribution in [0.3, 0.4) is 0 Å². The highest BCUT2D eigenvalue weighted by atomic mass is 16.2. The number of nitrogens with one attached hydrogen (secondary N) is 3. The van der Waals surface area contributed by atoms with Gasteiger partial charge in [0.2, 0.25) is 17.7 Å². The lowest BCUT2D eigenvalue weighted by molar-refractivity contribution is -0.890. The summed E-state index contributed by atoms with van der Waals surface area (Å²) in [6, 6.07) is -0.653. The summed E-state index contributed by atoms with van der Waals surface area (Å²) in [4.78, 5) is 38.7. The van der Waals surface area contributed by atoms with Crippen molar-refractivity contribution in [2.24, 2.45) is 0 Å². The SMILES string of the molecule is CCCCCCCCCCCCNC(=O)CCC(NC(=O)CCCCCCCCCC[N+](C)(C)CCC)C(=O)NCCCCCCCCCCCC. The van der Waals surface area contributed by atoms with Crippen molar-refractivity contribution in [1.29, 1.82) is 0 Å². The number of amides is 3. The number of carbonyl (C=O) groups is 3. The van der Waals surface area contributed by atoms with E-state index in [9.17, 15) is 14.4 Å². The highest BCUT2D eigenvalue weighted by Crippen LogP contribution is 2.13. The van der Waals surface area contributed by atoms with Crippen LogP contribution in [-0.2, 0) is 14.4 Å². The van der Waals surface area contributed by atoms with Gasteiger partial charge in [0.1, 0.15) is 6.04 Å². The largest absolute Gasteiger partial charge is 0.356 e. The Balaban J connectivity index is 4.39. The van der Waals surface area contributed by atoms with Gasteiger partial charge in [0, 0.05) is 25.9 Å². The summed E-state index contributed by atoms with van der Waals surface area (Å²) in [5, 5.41) is 9.09. The van der Waals surface area contributed by atoms with E-state index >= 15 is 0 Å². The number of rotatable bonds is 40. The predicted octanol–water partition coefficient (Wildman–Crippen LogP) is 11.3. The van der Waals surface area contributed by atoms with Crippen molar-refractivity contribution in [2.75, 3.05) is 40.3 Å². The molecule has 3 amide bonds. The summed E-state index contributed by atoms with van der Waals surface area (Å²) in [5.74, 6) is -0.247. The molecule has 308 valence electrons. The van der Waals surface area contributed by atoms with Crippen LogP contribution in [0.1, 0.15) is 226 Å². The first-order chi connectivity index (χ1) is 25.3. The molecule has 52 heavy (non-hydrogen) atoms. The fourth-order valence-corrected chi connectivity index (χ4v) is 7.29. The van der Waals surface area contributed by atoms with Gasteiger partial charge >= 0.3 is 0 Å².